The minimum atomic E-state index is -0.141. The molecule has 2 aromatic carbocycles. The maximum atomic E-state index is 6.35. The van der Waals surface area contributed by atoms with Gasteiger partial charge in [0, 0.05) is 11.1 Å². The average molecular weight is 290 g/mol. The van der Waals surface area contributed by atoms with Crippen molar-refractivity contribution in [3.05, 3.63) is 63.7 Å². The lowest BCUT2D eigenvalue weighted by molar-refractivity contribution is 0.408. The van der Waals surface area contributed by atoms with Gasteiger partial charge in [-0.05, 0) is 43.0 Å². The van der Waals surface area contributed by atoms with Gasteiger partial charge in [0.15, 0.2) is 0 Å². The van der Waals surface area contributed by atoms with E-state index in [4.69, 9.17) is 22.1 Å². The summed E-state index contributed by atoms with van der Waals surface area (Å²) in [5.41, 5.74) is 10.7. The minimum Gasteiger partial charge on any atom is -0.496 e. The fraction of sp³-hybridized carbons (Fsp3) is 0.294. The first kappa shape index (κ1) is 14.9. The van der Waals surface area contributed by atoms with Crippen molar-refractivity contribution >= 4 is 11.6 Å². The summed E-state index contributed by atoms with van der Waals surface area (Å²) >= 11 is 6.35. The van der Waals surface area contributed by atoms with E-state index in [-0.39, 0.29) is 6.04 Å². The lowest BCUT2D eigenvalue weighted by Crippen LogP contribution is -2.15. The highest BCUT2D eigenvalue weighted by Crippen LogP contribution is 2.29. The lowest BCUT2D eigenvalue weighted by Gasteiger charge is -2.17. The summed E-state index contributed by atoms with van der Waals surface area (Å²) in [6, 6.07) is 12.0. The number of benzene rings is 2. The molecule has 0 aliphatic rings. The Morgan fingerprint density at radius 2 is 1.95 bits per heavy atom. The van der Waals surface area contributed by atoms with Gasteiger partial charge in [0.2, 0.25) is 0 Å². The van der Waals surface area contributed by atoms with Gasteiger partial charge in [-0.2, -0.15) is 0 Å². The molecule has 0 saturated heterocycles. The van der Waals surface area contributed by atoms with Crippen molar-refractivity contribution in [2.45, 2.75) is 26.3 Å². The zero-order chi connectivity index (χ0) is 14.7. The van der Waals surface area contributed by atoms with Crippen molar-refractivity contribution < 1.29 is 4.74 Å². The second-order valence-electron chi connectivity index (χ2n) is 5.10. The highest BCUT2D eigenvalue weighted by atomic mass is 35.5. The van der Waals surface area contributed by atoms with Crippen LogP contribution >= 0.6 is 11.6 Å². The van der Waals surface area contributed by atoms with Gasteiger partial charge in [-0.1, -0.05) is 47.5 Å². The largest absolute Gasteiger partial charge is 0.496 e. The first-order valence-electron chi connectivity index (χ1n) is 6.67. The molecule has 106 valence electrons. The molecule has 0 heterocycles. The number of rotatable bonds is 4. The van der Waals surface area contributed by atoms with Crippen LogP contribution in [0.4, 0.5) is 0 Å². The molecule has 2 nitrogen and oxygen atoms in total. The van der Waals surface area contributed by atoms with Crippen molar-refractivity contribution in [1.29, 1.82) is 0 Å². The number of nitrogens with two attached hydrogens (primary N) is 1. The second-order valence-corrected chi connectivity index (χ2v) is 5.48. The Labute approximate surface area is 125 Å². The molecule has 0 aromatic heterocycles. The Hall–Kier alpha value is -1.51. The van der Waals surface area contributed by atoms with Gasteiger partial charge in [-0.3, -0.25) is 0 Å². The minimum absolute atomic E-state index is 0.141. The molecule has 1 atom stereocenters. The molecule has 3 heteroatoms. The second kappa shape index (κ2) is 6.29. The summed E-state index contributed by atoms with van der Waals surface area (Å²) in [5, 5.41) is 0.756. The number of ether oxygens (including phenoxy) is 1. The van der Waals surface area contributed by atoms with Crippen LogP contribution in [0.3, 0.4) is 0 Å². The predicted molar refractivity (Wildman–Crippen MR) is 84.6 cm³/mol. The number of hydrogen-bond donors (Lipinski definition) is 1. The standard InChI is InChI=1S/C17H20ClNO/c1-11-7-8-16(20-3)13(9-11)10-15(19)14-6-4-5-12(2)17(14)18/h4-9,15H,10,19H2,1-3H3. The molecule has 0 fully saturated rings. The molecule has 2 rings (SSSR count). The van der Waals surface area contributed by atoms with Crippen LogP contribution in [0, 0.1) is 13.8 Å². The molecule has 0 aliphatic carbocycles. The Kier molecular flexibility index (Phi) is 4.69. The summed E-state index contributed by atoms with van der Waals surface area (Å²) < 4.78 is 5.40. The summed E-state index contributed by atoms with van der Waals surface area (Å²) in [6.45, 7) is 4.06. The van der Waals surface area contributed by atoms with E-state index in [0.717, 1.165) is 27.5 Å². The van der Waals surface area contributed by atoms with Crippen molar-refractivity contribution in [3.63, 3.8) is 0 Å². The molecule has 0 saturated carbocycles. The molecular weight excluding hydrogens is 270 g/mol. The van der Waals surface area contributed by atoms with Crippen LogP contribution in [0.1, 0.15) is 28.3 Å². The third kappa shape index (κ3) is 3.14. The van der Waals surface area contributed by atoms with Crippen molar-refractivity contribution in [2.75, 3.05) is 7.11 Å². The molecule has 2 aromatic rings. The third-order valence-electron chi connectivity index (χ3n) is 3.50. The van der Waals surface area contributed by atoms with Crippen LogP contribution in [0.2, 0.25) is 5.02 Å². The zero-order valence-corrected chi connectivity index (χ0v) is 12.9. The van der Waals surface area contributed by atoms with E-state index >= 15 is 0 Å². The topological polar surface area (TPSA) is 35.2 Å². The molecular formula is C17H20ClNO. The van der Waals surface area contributed by atoms with E-state index in [1.54, 1.807) is 7.11 Å². The van der Waals surface area contributed by atoms with Gasteiger partial charge in [0.1, 0.15) is 5.75 Å². The fourth-order valence-electron chi connectivity index (χ4n) is 2.37. The average Bonchev–Trinajstić information content (AvgIpc) is 2.42. The van der Waals surface area contributed by atoms with E-state index in [2.05, 4.69) is 13.0 Å². The molecule has 0 spiro atoms. The monoisotopic (exact) mass is 289 g/mol. The first-order valence-corrected chi connectivity index (χ1v) is 7.05. The first-order chi connectivity index (χ1) is 9.52. The molecule has 0 aliphatic heterocycles. The van der Waals surface area contributed by atoms with Crippen LogP contribution in [0.5, 0.6) is 5.75 Å². The molecule has 2 N–H and O–H groups in total. The SMILES string of the molecule is COc1ccc(C)cc1CC(N)c1cccc(C)c1Cl. The van der Waals surface area contributed by atoms with E-state index in [1.165, 1.54) is 5.56 Å². The Balaban J connectivity index is 2.30. The molecule has 0 amide bonds. The van der Waals surface area contributed by atoms with Crippen molar-refractivity contribution in [1.82, 2.24) is 0 Å². The van der Waals surface area contributed by atoms with E-state index in [9.17, 15) is 0 Å². The maximum Gasteiger partial charge on any atom is 0.122 e. The lowest BCUT2D eigenvalue weighted by atomic mass is 9.97. The highest BCUT2D eigenvalue weighted by molar-refractivity contribution is 6.32. The summed E-state index contributed by atoms with van der Waals surface area (Å²) in [6.07, 6.45) is 0.702. The summed E-state index contributed by atoms with van der Waals surface area (Å²) in [7, 11) is 1.68. The normalized spacial score (nSPS) is 12.2. The highest BCUT2D eigenvalue weighted by Gasteiger charge is 2.14. The predicted octanol–water partition coefficient (Wildman–Crippen LogP) is 4.21. The van der Waals surface area contributed by atoms with Crippen molar-refractivity contribution in [3.8, 4) is 5.75 Å². The van der Waals surface area contributed by atoms with Gasteiger partial charge in [0.25, 0.3) is 0 Å². The van der Waals surface area contributed by atoms with Gasteiger partial charge >= 0.3 is 0 Å². The Bertz CT molecular complexity index is 610. The molecule has 0 radical (unpaired) electrons. The van der Waals surface area contributed by atoms with Gasteiger partial charge in [-0.15, -0.1) is 0 Å². The molecule has 20 heavy (non-hydrogen) atoms. The van der Waals surface area contributed by atoms with Crippen LogP contribution < -0.4 is 10.5 Å². The molecule has 1 unspecified atom stereocenters. The van der Waals surface area contributed by atoms with E-state index in [0.29, 0.717) is 6.42 Å². The number of methoxy groups -OCH3 is 1. The number of halogens is 1. The fourth-order valence-corrected chi connectivity index (χ4v) is 2.64. The zero-order valence-electron chi connectivity index (χ0n) is 12.1. The van der Waals surface area contributed by atoms with Gasteiger partial charge in [-0.25, -0.2) is 0 Å². The molecule has 0 bridgehead atoms. The van der Waals surface area contributed by atoms with Crippen LogP contribution in [0.25, 0.3) is 0 Å². The smallest absolute Gasteiger partial charge is 0.122 e. The maximum absolute atomic E-state index is 6.35. The summed E-state index contributed by atoms with van der Waals surface area (Å²) in [4.78, 5) is 0. The quantitative estimate of drug-likeness (QED) is 0.915. The van der Waals surface area contributed by atoms with Crippen LogP contribution in [0.15, 0.2) is 36.4 Å². The number of aryl methyl sites for hydroxylation is 2. The van der Waals surface area contributed by atoms with Gasteiger partial charge in [0.05, 0.1) is 7.11 Å². The van der Waals surface area contributed by atoms with Gasteiger partial charge < -0.3 is 10.5 Å². The van der Waals surface area contributed by atoms with E-state index < -0.39 is 0 Å². The van der Waals surface area contributed by atoms with Crippen LogP contribution in [-0.4, -0.2) is 7.11 Å². The number of hydrogen-bond acceptors (Lipinski definition) is 2. The van der Waals surface area contributed by atoms with Crippen molar-refractivity contribution in [2.24, 2.45) is 5.73 Å². The third-order valence-corrected chi connectivity index (χ3v) is 4.01. The summed E-state index contributed by atoms with van der Waals surface area (Å²) in [5.74, 6) is 0.870. The van der Waals surface area contributed by atoms with E-state index in [1.807, 2.05) is 37.3 Å². The Morgan fingerprint density at radius 3 is 2.65 bits per heavy atom. The Morgan fingerprint density at radius 1 is 1.20 bits per heavy atom. The van der Waals surface area contributed by atoms with Crippen LogP contribution in [-0.2, 0) is 6.42 Å².